The second kappa shape index (κ2) is 6.97. The molecule has 0 unspecified atom stereocenters. The van der Waals surface area contributed by atoms with Crippen LogP contribution in [0.15, 0.2) is 60.7 Å². The second-order valence-corrected chi connectivity index (χ2v) is 4.76. The molecule has 0 saturated carbocycles. The normalized spacial score (nSPS) is 12.3. The van der Waals surface area contributed by atoms with E-state index in [1.54, 1.807) is 0 Å². The quantitative estimate of drug-likeness (QED) is 0.819. The van der Waals surface area contributed by atoms with Gasteiger partial charge in [0.05, 0.1) is 0 Å². The Kier molecular flexibility index (Phi) is 4.98. The van der Waals surface area contributed by atoms with Gasteiger partial charge in [0.2, 0.25) is 0 Å². The van der Waals surface area contributed by atoms with Gasteiger partial charge in [0.25, 0.3) is 0 Å². The van der Waals surface area contributed by atoms with E-state index in [1.807, 2.05) is 12.1 Å². The van der Waals surface area contributed by atoms with Crippen molar-refractivity contribution in [2.75, 3.05) is 6.61 Å². The maximum absolute atomic E-state index is 9.47. The summed E-state index contributed by atoms with van der Waals surface area (Å²) in [5.74, 6) is 0.354. The van der Waals surface area contributed by atoms with Crippen molar-refractivity contribution in [3.05, 3.63) is 71.8 Å². The van der Waals surface area contributed by atoms with E-state index in [0.717, 1.165) is 19.3 Å². The van der Waals surface area contributed by atoms with Crippen LogP contribution in [0.3, 0.4) is 0 Å². The predicted octanol–water partition coefficient (Wildman–Crippen LogP) is 3.47. The van der Waals surface area contributed by atoms with E-state index in [1.165, 1.54) is 11.1 Å². The van der Waals surface area contributed by atoms with Gasteiger partial charge in [-0.3, -0.25) is 0 Å². The molecule has 1 atom stereocenters. The summed E-state index contributed by atoms with van der Waals surface area (Å²) in [6.07, 6.45) is 3.04. The van der Waals surface area contributed by atoms with Gasteiger partial charge in [-0.15, -0.1) is 0 Å². The lowest BCUT2D eigenvalue weighted by Crippen LogP contribution is -2.10. The topological polar surface area (TPSA) is 20.2 Å². The molecule has 0 amide bonds. The molecule has 0 saturated heterocycles. The molecule has 0 spiro atoms. The number of rotatable bonds is 6. The molecule has 0 aromatic heterocycles. The van der Waals surface area contributed by atoms with Gasteiger partial charge in [0.15, 0.2) is 0 Å². The standard InChI is InChI=1S/C17H20O/c18-14-17(13-16-9-5-2-6-10-16)12-11-15-7-3-1-4-8-15/h1-10,17-18H,11-14H2/t17-/m0/s1. The molecule has 2 rings (SSSR count). The number of benzene rings is 2. The van der Waals surface area contributed by atoms with Gasteiger partial charge in [0.1, 0.15) is 0 Å². The van der Waals surface area contributed by atoms with Crippen LogP contribution in [0.1, 0.15) is 17.5 Å². The van der Waals surface area contributed by atoms with E-state index < -0.39 is 0 Å². The maximum Gasteiger partial charge on any atom is 0.0462 e. The van der Waals surface area contributed by atoms with E-state index >= 15 is 0 Å². The minimum atomic E-state index is 0.266. The van der Waals surface area contributed by atoms with Gasteiger partial charge in [-0.05, 0) is 36.3 Å². The summed E-state index contributed by atoms with van der Waals surface area (Å²) in [4.78, 5) is 0. The fourth-order valence-corrected chi connectivity index (χ4v) is 2.22. The van der Waals surface area contributed by atoms with Crippen LogP contribution < -0.4 is 0 Å². The summed E-state index contributed by atoms with van der Waals surface area (Å²) in [6.45, 7) is 0.266. The minimum absolute atomic E-state index is 0.266. The highest BCUT2D eigenvalue weighted by atomic mass is 16.3. The van der Waals surface area contributed by atoms with Crippen LogP contribution in [0.5, 0.6) is 0 Å². The number of hydrogen-bond donors (Lipinski definition) is 1. The van der Waals surface area contributed by atoms with Crippen molar-refractivity contribution < 1.29 is 5.11 Å². The first kappa shape index (κ1) is 12.8. The first-order chi connectivity index (χ1) is 8.88. The molecule has 0 aliphatic rings. The van der Waals surface area contributed by atoms with Crippen molar-refractivity contribution in [2.24, 2.45) is 5.92 Å². The molecule has 1 N–H and O–H groups in total. The highest BCUT2D eigenvalue weighted by Gasteiger charge is 2.08. The van der Waals surface area contributed by atoms with Crippen LogP contribution in [-0.4, -0.2) is 11.7 Å². The lowest BCUT2D eigenvalue weighted by atomic mass is 9.93. The molecule has 1 heteroatoms. The predicted molar refractivity (Wildman–Crippen MR) is 75.5 cm³/mol. The molecule has 0 radical (unpaired) electrons. The van der Waals surface area contributed by atoms with Gasteiger partial charge in [-0.25, -0.2) is 0 Å². The summed E-state index contributed by atoms with van der Waals surface area (Å²) >= 11 is 0. The lowest BCUT2D eigenvalue weighted by Gasteiger charge is -2.14. The largest absolute Gasteiger partial charge is 0.396 e. The summed E-state index contributed by atoms with van der Waals surface area (Å²) < 4.78 is 0. The van der Waals surface area contributed by atoms with Crippen LogP contribution in [-0.2, 0) is 12.8 Å². The smallest absolute Gasteiger partial charge is 0.0462 e. The molecule has 94 valence electrons. The summed E-state index contributed by atoms with van der Waals surface area (Å²) in [6, 6.07) is 20.9. The molecular weight excluding hydrogens is 220 g/mol. The van der Waals surface area contributed by atoms with Crippen molar-refractivity contribution in [1.29, 1.82) is 0 Å². The molecule has 0 aliphatic carbocycles. The van der Waals surface area contributed by atoms with Crippen molar-refractivity contribution in [1.82, 2.24) is 0 Å². The Morgan fingerprint density at radius 2 is 1.33 bits per heavy atom. The summed E-state index contributed by atoms with van der Waals surface area (Å²) in [5, 5.41) is 9.47. The Morgan fingerprint density at radius 1 is 0.778 bits per heavy atom. The Hall–Kier alpha value is -1.60. The van der Waals surface area contributed by atoms with Crippen LogP contribution in [0, 0.1) is 5.92 Å². The third-order valence-corrected chi connectivity index (χ3v) is 3.31. The van der Waals surface area contributed by atoms with Gasteiger partial charge >= 0.3 is 0 Å². The van der Waals surface area contributed by atoms with Crippen molar-refractivity contribution in [3.63, 3.8) is 0 Å². The molecule has 0 fully saturated rings. The zero-order chi connectivity index (χ0) is 12.6. The first-order valence-electron chi connectivity index (χ1n) is 6.57. The van der Waals surface area contributed by atoms with Gasteiger partial charge < -0.3 is 5.11 Å². The van der Waals surface area contributed by atoms with Crippen LogP contribution >= 0.6 is 0 Å². The fraction of sp³-hybridized carbons (Fsp3) is 0.294. The summed E-state index contributed by atoms with van der Waals surface area (Å²) in [5.41, 5.74) is 2.66. The molecular formula is C17H20O. The van der Waals surface area contributed by atoms with E-state index in [0.29, 0.717) is 5.92 Å². The maximum atomic E-state index is 9.47. The highest BCUT2D eigenvalue weighted by molar-refractivity contribution is 5.16. The zero-order valence-corrected chi connectivity index (χ0v) is 10.6. The fourth-order valence-electron chi connectivity index (χ4n) is 2.22. The SMILES string of the molecule is OC[C@@H](CCc1ccccc1)Cc1ccccc1. The van der Waals surface area contributed by atoms with E-state index in [9.17, 15) is 5.11 Å². The van der Waals surface area contributed by atoms with E-state index in [4.69, 9.17) is 0 Å². The number of hydrogen-bond acceptors (Lipinski definition) is 1. The zero-order valence-electron chi connectivity index (χ0n) is 10.6. The number of aryl methyl sites for hydroxylation is 1. The molecule has 2 aromatic rings. The molecule has 18 heavy (non-hydrogen) atoms. The molecule has 0 heterocycles. The average molecular weight is 240 g/mol. The van der Waals surface area contributed by atoms with Crippen molar-refractivity contribution >= 4 is 0 Å². The van der Waals surface area contributed by atoms with E-state index in [-0.39, 0.29) is 6.61 Å². The third-order valence-electron chi connectivity index (χ3n) is 3.31. The van der Waals surface area contributed by atoms with Gasteiger partial charge in [-0.1, -0.05) is 60.7 Å². The van der Waals surface area contributed by atoms with Crippen molar-refractivity contribution in [3.8, 4) is 0 Å². The van der Waals surface area contributed by atoms with Gasteiger partial charge in [0, 0.05) is 6.61 Å². The molecule has 2 aromatic carbocycles. The van der Waals surface area contributed by atoms with Crippen LogP contribution in [0.4, 0.5) is 0 Å². The van der Waals surface area contributed by atoms with Crippen LogP contribution in [0.25, 0.3) is 0 Å². The summed E-state index contributed by atoms with van der Waals surface area (Å²) in [7, 11) is 0. The van der Waals surface area contributed by atoms with Gasteiger partial charge in [-0.2, -0.15) is 0 Å². The second-order valence-electron chi connectivity index (χ2n) is 4.76. The average Bonchev–Trinajstić information content (AvgIpc) is 2.45. The lowest BCUT2D eigenvalue weighted by molar-refractivity contribution is 0.218. The Labute approximate surface area is 109 Å². The van der Waals surface area contributed by atoms with Crippen molar-refractivity contribution in [2.45, 2.75) is 19.3 Å². The molecule has 1 nitrogen and oxygen atoms in total. The minimum Gasteiger partial charge on any atom is -0.396 e. The Morgan fingerprint density at radius 3 is 1.89 bits per heavy atom. The third kappa shape index (κ3) is 4.01. The Balaban J connectivity index is 1.86. The van der Waals surface area contributed by atoms with Crippen LogP contribution in [0.2, 0.25) is 0 Å². The van der Waals surface area contributed by atoms with E-state index in [2.05, 4.69) is 48.5 Å². The number of aliphatic hydroxyl groups excluding tert-OH is 1. The highest BCUT2D eigenvalue weighted by Crippen LogP contribution is 2.15. The Bertz CT molecular complexity index is 436. The molecule has 0 bridgehead atoms. The first-order valence-corrected chi connectivity index (χ1v) is 6.57. The monoisotopic (exact) mass is 240 g/mol. The molecule has 0 aliphatic heterocycles. The number of aliphatic hydroxyl groups is 1.